The van der Waals surface area contributed by atoms with Gasteiger partial charge in [-0.05, 0) is 48.7 Å². The maximum absolute atomic E-state index is 14.1. The van der Waals surface area contributed by atoms with E-state index in [9.17, 15) is 13.6 Å². The molecule has 0 unspecified atom stereocenters. The summed E-state index contributed by atoms with van der Waals surface area (Å²) < 4.78 is 28.5. The van der Waals surface area contributed by atoms with Gasteiger partial charge in [-0.25, -0.2) is 23.5 Å². The first-order valence-electron chi connectivity index (χ1n) is 10.2. The zero-order valence-electron chi connectivity index (χ0n) is 17.0. The van der Waals surface area contributed by atoms with E-state index in [0.29, 0.717) is 39.8 Å². The Kier molecular flexibility index (Phi) is 4.93. The van der Waals surface area contributed by atoms with Crippen LogP contribution in [0.25, 0.3) is 17.0 Å². The second-order valence-electron chi connectivity index (χ2n) is 7.77. The van der Waals surface area contributed by atoms with Crippen molar-refractivity contribution in [1.29, 1.82) is 0 Å². The summed E-state index contributed by atoms with van der Waals surface area (Å²) in [5.41, 5.74) is 9.67. The van der Waals surface area contributed by atoms with Crippen molar-refractivity contribution < 1.29 is 13.6 Å². The zero-order valence-corrected chi connectivity index (χ0v) is 17.0. The summed E-state index contributed by atoms with van der Waals surface area (Å²) in [5, 5.41) is 5.75. The van der Waals surface area contributed by atoms with E-state index in [4.69, 9.17) is 15.7 Å². The van der Waals surface area contributed by atoms with Crippen molar-refractivity contribution in [2.45, 2.75) is 25.4 Å². The first-order chi connectivity index (χ1) is 15.5. The monoisotopic (exact) mass is 434 g/mol. The smallest absolute Gasteiger partial charge is 0.316 e. The van der Waals surface area contributed by atoms with Crippen LogP contribution in [0.5, 0.6) is 0 Å². The number of amides is 2. The molecule has 1 fully saturated rings. The number of primary amides is 1. The number of rotatable bonds is 6. The molecule has 7 nitrogen and oxygen atoms in total. The minimum Gasteiger partial charge on any atom is -0.351 e. The minimum atomic E-state index is -0.716. The molecule has 0 atom stereocenters. The number of nitrogens with two attached hydrogens (primary N) is 1. The van der Waals surface area contributed by atoms with Crippen LogP contribution in [-0.4, -0.2) is 20.4 Å². The van der Waals surface area contributed by atoms with Gasteiger partial charge in [-0.1, -0.05) is 12.1 Å². The molecule has 1 aliphatic rings. The van der Waals surface area contributed by atoms with Gasteiger partial charge in [0, 0.05) is 29.6 Å². The molecular weight excluding hydrogens is 414 g/mol. The molecule has 0 saturated heterocycles. The van der Waals surface area contributed by atoms with Gasteiger partial charge < -0.3 is 16.4 Å². The predicted molar refractivity (Wildman–Crippen MR) is 118 cm³/mol. The second kappa shape index (κ2) is 7.92. The topological polar surface area (TPSA) is 97.3 Å². The number of anilines is 3. The van der Waals surface area contributed by atoms with Gasteiger partial charge in [-0.3, -0.25) is 4.40 Å². The molecule has 0 aliphatic heterocycles. The molecule has 162 valence electrons. The molecule has 4 N–H and O–H groups in total. The third-order valence-electron chi connectivity index (χ3n) is 5.29. The van der Waals surface area contributed by atoms with Crippen molar-refractivity contribution in [3.8, 4) is 11.4 Å². The highest BCUT2D eigenvalue weighted by Crippen LogP contribution is 2.44. The maximum atomic E-state index is 14.1. The summed E-state index contributed by atoms with van der Waals surface area (Å²) in [6.07, 6.45) is 3.39. The lowest BCUT2D eigenvalue weighted by atomic mass is 10.1. The third kappa shape index (κ3) is 3.96. The van der Waals surface area contributed by atoms with E-state index in [2.05, 4.69) is 10.6 Å². The number of pyridine rings is 2. The average Bonchev–Trinajstić information content (AvgIpc) is 3.54. The van der Waals surface area contributed by atoms with E-state index in [1.807, 2.05) is 0 Å². The number of aromatic nitrogens is 3. The number of nitrogens with zero attached hydrogens (tertiary/aromatic N) is 3. The number of urea groups is 1. The van der Waals surface area contributed by atoms with Gasteiger partial charge in [-0.15, -0.1) is 0 Å². The molecule has 1 aliphatic carbocycles. The van der Waals surface area contributed by atoms with Gasteiger partial charge >= 0.3 is 6.03 Å². The van der Waals surface area contributed by atoms with E-state index in [0.717, 1.165) is 18.5 Å². The number of alkyl halides is 1. The molecule has 1 saturated carbocycles. The van der Waals surface area contributed by atoms with E-state index in [1.54, 1.807) is 46.9 Å². The Morgan fingerprint density at radius 2 is 1.88 bits per heavy atom. The Labute approximate surface area is 182 Å². The standard InChI is InChI=1S/C23H20F2N6O/c24-11-13-1-6-16(7-2-13)27-19-10-17(28-23(26)32)9-18(29-19)22-21(14-3-4-14)30-20-8-5-15(25)12-31(20)22/h1-2,5-10,12,14H,3-4,11H2,(H4,26,27,28,29,32). The summed E-state index contributed by atoms with van der Waals surface area (Å²) in [7, 11) is 0. The second-order valence-corrected chi connectivity index (χ2v) is 7.77. The summed E-state index contributed by atoms with van der Waals surface area (Å²) in [6, 6.07) is 12.4. The molecule has 32 heavy (non-hydrogen) atoms. The summed E-state index contributed by atoms with van der Waals surface area (Å²) in [6.45, 7) is -0.546. The van der Waals surface area contributed by atoms with Gasteiger partial charge in [0.25, 0.3) is 0 Å². The molecule has 5 rings (SSSR count). The van der Waals surface area contributed by atoms with E-state index in [1.165, 1.54) is 12.3 Å². The number of carbonyl (C=O) groups is 1. The highest BCUT2D eigenvalue weighted by atomic mass is 19.1. The van der Waals surface area contributed by atoms with Crippen molar-refractivity contribution in [3.05, 3.63) is 71.8 Å². The Morgan fingerprint density at radius 1 is 1.09 bits per heavy atom. The fourth-order valence-corrected chi connectivity index (χ4v) is 3.69. The molecule has 1 aromatic carbocycles. The molecular formula is C23H20F2N6O. The fraction of sp³-hybridized carbons (Fsp3) is 0.174. The molecule has 0 radical (unpaired) electrons. The first kappa shape index (κ1) is 19.9. The molecule has 2 amide bonds. The molecule has 3 heterocycles. The zero-order chi connectivity index (χ0) is 22.2. The van der Waals surface area contributed by atoms with Gasteiger partial charge in [0.05, 0.1) is 17.1 Å². The summed E-state index contributed by atoms with van der Waals surface area (Å²) >= 11 is 0. The van der Waals surface area contributed by atoms with Crippen molar-refractivity contribution >= 4 is 28.9 Å². The molecule has 3 aromatic heterocycles. The third-order valence-corrected chi connectivity index (χ3v) is 5.29. The molecule has 0 bridgehead atoms. The van der Waals surface area contributed by atoms with Crippen LogP contribution in [-0.2, 0) is 6.67 Å². The van der Waals surface area contributed by atoms with Crippen molar-refractivity contribution in [3.63, 3.8) is 0 Å². The molecule has 9 heteroatoms. The van der Waals surface area contributed by atoms with Crippen molar-refractivity contribution in [2.24, 2.45) is 5.73 Å². The highest BCUT2D eigenvalue weighted by Gasteiger charge is 2.31. The Morgan fingerprint density at radius 3 is 2.56 bits per heavy atom. The largest absolute Gasteiger partial charge is 0.351 e. The number of carbonyl (C=O) groups excluding carboxylic acids is 1. The highest BCUT2D eigenvalue weighted by molar-refractivity contribution is 5.89. The van der Waals surface area contributed by atoms with Crippen LogP contribution in [0.4, 0.5) is 30.8 Å². The fourth-order valence-electron chi connectivity index (χ4n) is 3.69. The number of halogens is 2. The Balaban J connectivity index is 1.63. The van der Waals surface area contributed by atoms with Crippen LogP contribution >= 0.6 is 0 Å². The van der Waals surface area contributed by atoms with Crippen LogP contribution in [0.2, 0.25) is 0 Å². The number of hydrogen-bond donors (Lipinski definition) is 3. The van der Waals surface area contributed by atoms with Gasteiger partial charge in [0.1, 0.15) is 24.0 Å². The summed E-state index contributed by atoms with van der Waals surface area (Å²) in [5.74, 6) is 0.329. The lowest BCUT2D eigenvalue weighted by Crippen LogP contribution is -2.19. The van der Waals surface area contributed by atoms with Gasteiger partial charge in [0.15, 0.2) is 0 Å². The van der Waals surface area contributed by atoms with Crippen LogP contribution in [0.1, 0.15) is 30.0 Å². The maximum Gasteiger partial charge on any atom is 0.316 e. The van der Waals surface area contributed by atoms with E-state index in [-0.39, 0.29) is 5.92 Å². The number of nitrogens with one attached hydrogen (secondary N) is 2. The minimum absolute atomic E-state index is 0.284. The SMILES string of the molecule is NC(=O)Nc1cc(Nc2ccc(CF)cc2)nc(-c2c(C3CC3)nc3ccc(F)cn23)c1. The lowest BCUT2D eigenvalue weighted by Gasteiger charge is -2.12. The first-order valence-corrected chi connectivity index (χ1v) is 10.2. The van der Waals surface area contributed by atoms with Crippen LogP contribution in [0.3, 0.4) is 0 Å². The van der Waals surface area contributed by atoms with Crippen molar-refractivity contribution in [1.82, 2.24) is 14.4 Å². The van der Waals surface area contributed by atoms with Gasteiger partial charge in [-0.2, -0.15) is 0 Å². The average molecular weight is 434 g/mol. The lowest BCUT2D eigenvalue weighted by molar-refractivity contribution is 0.259. The van der Waals surface area contributed by atoms with Crippen LogP contribution in [0, 0.1) is 5.82 Å². The Hall–Kier alpha value is -4.01. The number of hydrogen-bond acceptors (Lipinski definition) is 4. The van der Waals surface area contributed by atoms with E-state index >= 15 is 0 Å². The quantitative estimate of drug-likeness (QED) is 0.393. The molecule has 4 aromatic rings. The Bertz CT molecular complexity index is 1310. The number of fused-ring (bicyclic) bond motifs is 1. The molecule has 0 spiro atoms. The normalized spacial score (nSPS) is 13.3. The number of imidazole rings is 1. The predicted octanol–water partition coefficient (Wildman–Crippen LogP) is 5.12. The van der Waals surface area contributed by atoms with Crippen molar-refractivity contribution in [2.75, 3.05) is 10.6 Å². The van der Waals surface area contributed by atoms with E-state index < -0.39 is 18.5 Å². The van der Waals surface area contributed by atoms with Crippen LogP contribution < -0.4 is 16.4 Å². The van der Waals surface area contributed by atoms with Crippen LogP contribution in [0.15, 0.2) is 54.7 Å². The number of benzene rings is 1. The van der Waals surface area contributed by atoms with Gasteiger partial charge in [0.2, 0.25) is 0 Å². The summed E-state index contributed by atoms with van der Waals surface area (Å²) in [4.78, 5) is 20.9.